The van der Waals surface area contributed by atoms with E-state index in [1.807, 2.05) is 4.90 Å². The van der Waals surface area contributed by atoms with E-state index >= 15 is 0 Å². The minimum Gasteiger partial charge on any atom is -0.367 e. The number of halogens is 1. The van der Waals surface area contributed by atoms with Gasteiger partial charge in [-0.1, -0.05) is 6.08 Å². The molecule has 2 heterocycles. The maximum absolute atomic E-state index is 13.2. The van der Waals surface area contributed by atoms with E-state index in [0.29, 0.717) is 49.5 Å². The fraction of sp³-hybridized carbons (Fsp3) is 0.400. The van der Waals surface area contributed by atoms with Crippen LogP contribution in [0.1, 0.15) is 19.4 Å². The van der Waals surface area contributed by atoms with Crippen LogP contribution in [0.5, 0.6) is 0 Å². The Bertz CT molecular complexity index is 1040. The number of rotatable bonds is 6. The molecule has 1 aliphatic heterocycles. The summed E-state index contributed by atoms with van der Waals surface area (Å²) in [5.74, 6) is -0.390. The summed E-state index contributed by atoms with van der Waals surface area (Å²) in [7, 11) is -3.30. The molecular formula is C20H25FN4O3S. The van der Waals surface area contributed by atoms with E-state index < -0.39 is 15.3 Å². The molecule has 2 aromatic rings. The monoisotopic (exact) mass is 420 g/mol. The van der Waals surface area contributed by atoms with Gasteiger partial charge in [0.15, 0.2) is 0 Å². The third-order valence-electron chi connectivity index (χ3n) is 5.01. The number of sulfonamides is 1. The molecule has 1 aliphatic rings. The highest BCUT2D eigenvalue weighted by Crippen LogP contribution is 2.22. The second kappa shape index (κ2) is 8.46. The first-order valence-corrected chi connectivity index (χ1v) is 11.0. The Balaban J connectivity index is 1.91. The number of hydrogen-bond donors (Lipinski definition) is 0. The van der Waals surface area contributed by atoms with E-state index in [9.17, 15) is 17.6 Å². The molecule has 29 heavy (non-hydrogen) atoms. The van der Waals surface area contributed by atoms with Gasteiger partial charge in [-0.25, -0.2) is 12.8 Å². The molecule has 0 saturated carbocycles. The number of piperazine rings is 1. The first kappa shape index (κ1) is 21.2. The molecule has 0 atom stereocenters. The average molecular weight is 421 g/mol. The van der Waals surface area contributed by atoms with E-state index in [4.69, 9.17) is 0 Å². The molecule has 0 aliphatic carbocycles. The van der Waals surface area contributed by atoms with E-state index in [2.05, 4.69) is 11.7 Å². The van der Waals surface area contributed by atoms with Crippen molar-refractivity contribution in [1.82, 2.24) is 14.1 Å². The minimum atomic E-state index is -3.30. The zero-order valence-corrected chi connectivity index (χ0v) is 17.4. The predicted octanol–water partition coefficient (Wildman–Crippen LogP) is 1.96. The van der Waals surface area contributed by atoms with E-state index in [0.717, 1.165) is 0 Å². The molecular weight excluding hydrogens is 395 g/mol. The van der Waals surface area contributed by atoms with Crippen molar-refractivity contribution in [3.63, 3.8) is 0 Å². The number of benzene rings is 1. The third kappa shape index (κ3) is 4.25. The van der Waals surface area contributed by atoms with Crippen LogP contribution in [-0.4, -0.2) is 53.9 Å². The van der Waals surface area contributed by atoms with Gasteiger partial charge in [0.05, 0.1) is 22.8 Å². The number of allylic oxidation sites excluding steroid dienone is 1. The van der Waals surface area contributed by atoms with Crippen LogP contribution in [0, 0.1) is 5.82 Å². The number of anilines is 1. The van der Waals surface area contributed by atoms with Crippen LogP contribution in [0.3, 0.4) is 0 Å². The molecule has 7 nitrogen and oxygen atoms in total. The van der Waals surface area contributed by atoms with Crippen molar-refractivity contribution in [2.24, 2.45) is 0 Å². The molecule has 1 aromatic heterocycles. The van der Waals surface area contributed by atoms with Gasteiger partial charge >= 0.3 is 0 Å². The third-order valence-corrected chi connectivity index (χ3v) is 7.29. The summed E-state index contributed by atoms with van der Waals surface area (Å²) in [6.45, 7) is 8.73. The Labute approximate surface area is 170 Å². The molecule has 0 amide bonds. The topological polar surface area (TPSA) is 75.5 Å². The van der Waals surface area contributed by atoms with Gasteiger partial charge in [-0.2, -0.15) is 14.1 Å². The van der Waals surface area contributed by atoms with E-state index in [1.165, 1.54) is 33.3 Å². The minimum absolute atomic E-state index is 0.300. The number of nitrogens with zero attached hydrogens (tertiary/aromatic N) is 4. The SMILES string of the molecule is C=CCc1c(N2CCN(S(=O)(=O)C(C)C)CC2)cnn(-c2ccc(F)cc2)c1=O. The van der Waals surface area contributed by atoms with Gasteiger partial charge in [-0.05, 0) is 44.5 Å². The van der Waals surface area contributed by atoms with Gasteiger partial charge in [0, 0.05) is 31.7 Å². The lowest BCUT2D eigenvalue weighted by Crippen LogP contribution is -2.51. The predicted molar refractivity (Wildman–Crippen MR) is 112 cm³/mol. The van der Waals surface area contributed by atoms with Crippen molar-refractivity contribution in [3.05, 3.63) is 64.9 Å². The summed E-state index contributed by atoms with van der Waals surface area (Å²) in [5.41, 5.74) is 1.38. The molecule has 1 aromatic carbocycles. The Hall–Kier alpha value is -2.52. The number of hydrogen-bond acceptors (Lipinski definition) is 5. The highest BCUT2D eigenvalue weighted by molar-refractivity contribution is 7.89. The van der Waals surface area contributed by atoms with Crippen molar-refractivity contribution in [1.29, 1.82) is 0 Å². The van der Waals surface area contributed by atoms with Crippen LogP contribution >= 0.6 is 0 Å². The molecule has 0 N–H and O–H groups in total. The van der Waals surface area contributed by atoms with Crippen molar-refractivity contribution in [2.75, 3.05) is 31.1 Å². The van der Waals surface area contributed by atoms with Gasteiger partial charge in [-0.3, -0.25) is 4.79 Å². The molecule has 9 heteroatoms. The van der Waals surface area contributed by atoms with E-state index in [-0.39, 0.29) is 11.4 Å². The molecule has 3 rings (SSSR count). The maximum atomic E-state index is 13.2. The zero-order valence-electron chi connectivity index (χ0n) is 16.6. The van der Waals surface area contributed by atoms with Crippen LogP contribution in [-0.2, 0) is 16.4 Å². The van der Waals surface area contributed by atoms with Gasteiger partial charge in [-0.15, -0.1) is 6.58 Å². The summed E-state index contributed by atoms with van der Waals surface area (Å²) < 4.78 is 40.7. The number of aromatic nitrogens is 2. The molecule has 156 valence electrons. The molecule has 1 saturated heterocycles. The summed E-state index contributed by atoms with van der Waals surface area (Å²) in [5, 5.41) is 3.80. The van der Waals surface area contributed by atoms with Gasteiger partial charge < -0.3 is 4.90 Å². The summed E-state index contributed by atoms with van der Waals surface area (Å²) in [6.07, 6.45) is 3.60. The second-order valence-electron chi connectivity index (χ2n) is 7.17. The highest BCUT2D eigenvalue weighted by Gasteiger charge is 2.30. The van der Waals surface area contributed by atoms with Gasteiger partial charge in [0.1, 0.15) is 5.82 Å². The Morgan fingerprint density at radius 1 is 1.17 bits per heavy atom. The largest absolute Gasteiger partial charge is 0.367 e. The van der Waals surface area contributed by atoms with Crippen molar-refractivity contribution >= 4 is 15.7 Å². The fourth-order valence-electron chi connectivity index (χ4n) is 3.34. The normalized spacial score (nSPS) is 15.7. The van der Waals surface area contributed by atoms with Gasteiger partial charge in [0.25, 0.3) is 5.56 Å². The van der Waals surface area contributed by atoms with Crippen LogP contribution in [0.15, 0.2) is 47.9 Å². The standard InChI is InChI=1S/C20H25FN4O3S/c1-4-5-18-19(23-10-12-24(13-11-23)29(27,28)15(2)3)14-22-25(20(18)26)17-8-6-16(21)7-9-17/h4,6-9,14-15H,1,5,10-13H2,2-3H3. The molecule has 0 radical (unpaired) electrons. The molecule has 0 unspecified atom stereocenters. The summed E-state index contributed by atoms with van der Waals surface area (Å²) >= 11 is 0. The van der Waals surface area contributed by atoms with Crippen molar-refractivity contribution < 1.29 is 12.8 Å². The quantitative estimate of drug-likeness (QED) is 0.668. The van der Waals surface area contributed by atoms with Crippen LogP contribution in [0.25, 0.3) is 5.69 Å². The lowest BCUT2D eigenvalue weighted by Gasteiger charge is -2.36. The smallest absolute Gasteiger partial charge is 0.277 e. The van der Waals surface area contributed by atoms with Gasteiger partial charge in [0.2, 0.25) is 10.0 Å². The Morgan fingerprint density at radius 2 is 1.79 bits per heavy atom. The second-order valence-corrected chi connectivity index (χ2v) is 9.66. The highest BCUT2D eigenvalue weighted by atomic mass is 32.2. The average Bonchev–Trinajstić information content (AvgIpc) is 2.70. The lowest BCUT2D eigenvalue weighted by molar-refractivity contribution is 0.380. The maximum Gasteiger partial charge on any atom is 0.277 e. The Kier molecular flexibility index (Phi) is 6.18. The van der Waals surface area contributed by atoms with Crippen LogP contribution in [0.2, 0.25) is 0 Å². The lowest BCUT2D eigenvalue weighted by atomic mass is 10.1. The molecule has 1 fully saturated rings. The van der Waals surface area contributed by atoms with Crippen molar-refractivity contribution in [2.45, 2.75) is 25.5 Å². The van der Waals surface area contributed by atoms with Crippen molar-refractivity contribution in [3.8, 4) is 5.69 Å². The summed E-state index contributed by atoms with van der Waals surface area (Å²) in [4.78, 5) is 15.0. The zero-order chi connectivity index (χ0) is 21.2. The fourth-order valence-corrected chi connectivity index (χ4v) is 4.61. The first-order chi connectivity index (χ1) is 13.8. The molecule has 0 spiro atoms. The first-order valence-electron chi connectivity index (χ1n) is 9.47. The Morgan fingerprint density at radius 3 is 2.34 bits per heavy atom. The summed E-state index contributed by atoms with van der Waals surface area (Å²) in [6, 6.07) is 5.55. The van der Waals surface area contributed by atoms with Crippen LogP contribution in [0.4, 0.5) is 10.1 Å². The van der Waals surface area contributed by atoms with Crippen LogP contribution < -0.4 is 10.5 Å². The van der Waals surface area contributed by atoms with E-state index in [1.54, 1.807) is 26.1 Å². The molecule has 0 bridgehead atoms.